The Balaban J connectivity index is 1.97. The average Bonchev–Trinajstić information content (AvgIpc) is 2.29. The molecule has 15 heavy (non-hydrogen) atoms. The Labute approximate surface area is 88.0 Å². The van der Waals surface area contributed by atoms with Gasteiger partial charge < -0.3 is 15.2 Å². The van der Waals surface area contributed by atoms with E-state index in [1.165, 1.54) is 0 Å². The van der Waals surface area contributed by atoms with Gasteiger partial charge in [-0.2, -0.15) is 0 Å². The maximum absolute atomic E-state index is 10.8. The zero-order chi connectivity index (χ0) is 10.8. The Morgan fingerprint density at radius 2 is 2.07 bits per heavy atom. The van der Waals surface area contributed by atoms with E-state index in [9.17, 15) is 4.79 Å². The molecule has 4 nitrogen and oxygen atoms in total. The molecule has 1 fully saturated rings. The molecule has 0 spiro atoms. The Hall–Kier alpha value is -1.55. The molecule has 0 aromatic heterocycles. The molecular weight excluding hydrogens is 194 g/mol. The zero-order valence-corrected chi connectivity index (χ0v) is 8.47. The summed E-state index contributed by atoms with van der Waals surface area (Å²) in [5, 5.41) is 0. The Kier molecular flexibility index (Phi) is 2.60. The first kappa shape index (κ1) is 9.98. The molecule has 1 aliphatic rings. The van der Waals surface area contributed by atoms with Crippen molar-refractivity contribution >= 4 is 5.97 Å². The molecule has 1 aromatic rings. The van der Waals surface area contributed by atoms with Crippen LogP contribution in [0, 0.1) is 0 Å². The van der Waals surface area contributed by atoms with Crippen LogP contribution in [-0.4, -0.2) is 25.2 Å². The van der Waals surface area contributed by atoms with Crippen LogP contribution < -0.4 is 10.5 Å². The van der Waals surface area contributed by atoms with Crippen molar-refractivity contribution in [2.45, 2.75) is 18.6 Å². The molecule has 0 bridgehead atoms. The lowest BCUT2D eigenvalue weighted by Gasteiger charge is -2.32. The molecule has 1 heterocycles. The van der Waals surface area contributed by atoms with Crippen LogP contribution in [0.25, 0.3) is 0 Å². The molecule has 2 atom stereocenters. The van der Waals surface area contributed by atoms with E-state index in [1.54, 1.807) is 7.11 Å². The number of carbonyl (C=O) groups excluding carboxylic acids is 1. The van der Waals surface area contributed by atoms with Gasteiger partial charge in [-0.15, -0.1) is 0 Å². The van der Waals surface area contributed by atoms with Crippen molar-refractivity contribution in [1.82, 2.24) is 0 Å². The fraction of sp³-hybridized carbons (Fsp3) is 0.364. The first-order valence-corrected chi connectivity index (χ1v) is 4.79. The molecule has 0 saturated carbocycles. The monoisotopic (exact) mass is 207 g/mol. The SMILES string of the molecule is COc1ccc(C[C@H]2OC(=O)[C@H]2N)cc1. The highest BCUT2D eigenvalue weighted by Crippen LogP contribution is 2.19. The number of benzene rings is 1. The maximum atomic E-state index is 10.8. The van der Waals surface area contributed by atoms with Crippen molar-refractivity contribution < 1.29 is 14.3 Å². The third kappa shape index (κ3) is 1.94. The largest absolute Gasteiger partial charge is 0.497 e. The second-order valence-electron chi connectivity index (χ2n) is 3.55. The van der Waals surface area contributed by atoms with Crippen LogP contribution in [0.2, 0.25) is 0 Å². The summed E-state index contributed by atoms with van der Waals surface area (Å²) in [6.45, 7) is 0. The summed E-state index contributed by atoms with van der Waals surface area (Å²) in [5.41, 5.74) is 6.66. The van der Waals surface area contributed by atoms with Crippen LogP contribution >= 0.6 is 0 Å². The highest BCUT2D eigenvalue weighted by atomic mass is 16.6. The van der Waals surface area contributed by atoms with Gasteiger partial charge >= 0.3 is 5.97 Å². The van der Waals surface area contributed by atoms with Crippen LogP contribution in [0.5, 0.6) is 5.75 Å². The van der Waals surface area contributed by atoms with Crippen molar-refractivity contribution in [1.29, 1.82) is 0 Å². The van der Waals surface area contributed by atoms with Gasteiger partial charge in [0.1, 0.15) is 17.9 Å². The van der Waals surface area contributed by atoms with Gasteiger partial charge in [-0.3, -0.25) is 4.79 Å². The molecule has 1 aromatic carbocycles. The summed E-state index contributed by atoms with van der Waals surface area (Å²) < 4.78 is 9.96. The van der Waals surface area contributed by atoms with E-state index in [-0.39, 0.29) is 12.1 Å². The molecule has 0 aliphatic carbocycles. The lowest BCUT2D eigenvalue weighted by atomic mass is 9.98. The lowest BCUT2D eigenvalue weighted by molar-refractivity contribution is -0.173. The third-order valence-corrected chi connectivity index (χ3v) is 2.54. The first-order chi connectivity index (χ1) is 7.20. The summed E-state index contributed by atoms with van der Waals surface area (Å²) >= 11 is 0. The van der Waals surface area contributed by atoms with E-state index in [4.69, 9.17) is 15.2 Å². The number of carbonyl (C=O) groups is 1. The number of methoxy groups -OCH3 is 1. The number of ether oxygens (including phenoxy) is 2. The van der Waals surface area contributed by atoms with Gasteiger partial charge in [0.2, 0.25) is 0 Å². The Morgan fingerprint density at radius 3 is 2.53 bits per heavy atom. The minimum Gasteiger partial charge on any atom is -0.497 e. The van der Waals surface area contributed by atoms with Gasteiger partial charge in [-0.1, -0.05) is 12.1 Å². The molecular formula is C11H13NO3. The van der Waals surface area contributed by atoms with Crippen molar-refractivity contribution in [2.24, 2.45) is 5.73 Å². The van der Waals surface area contributed by atoms with E-state index >= 15 is 0 Å². The molecule has 4 heteroatoms. The smallest absolute Gasteiger partial charge is 0.327 e. The number of hydrogen-bond donors (Lipinski definition) is 1. The Bertz CT molecular complexity index is 361. The highest BCUT2D eigenvalue weighted by Gasteiger charge is 2.38. The van der Waals surface area contributed by atoms with Crippen molar-refractivity contribution in [2.75, 3.05) is 7.11 Å². The molecule has 1 saturated heterocycles. The minimum atomic E-state index is -0.466. The summed E-state index contributed by atoms with van der Waals surface area (Å²) in [6, 6.07) is 7.17. The quantitative estimate of drug-likeness (QED) is 0.733. The van der Waals surface area contributed by atoms with Crippen molar-refractivity contribution in [3.8, 4) is 5.75 Å². The molecule has 2 N–H and O–H groups in total. The maximum Gasteiger partial charge on any atom is 0.327 e. The molecule has 0 unspecified atom stereocenters. The van der Waals surface area contributed by atoms with E-state index in [0.29, 0.717) is 6.42 Å². The van der Waals surface area contributed by atoms with Gasteiger partial charge in [0.15, 0.2) is 0 Å². The standard InChI is InChI=1S/C11H13NO3/c1-14-8-4-2-7(3-5-8)6-9-10(12)11(13)15-9/h2-5,9-10H,6,12H2,1H3/t9-,10+/m1/s1. The number of hydrogen-bond acceptors (Lipinski definition) is 4. The zero-order valence-electron chi connectivity index (χ0n) is 8.47. The van der Waals surface area contributed by atoms with Crippen molar-refractivity contribution in [3.63, 3.8) is 0 Å². The molecule has 2 rings (SSSR count). The fourth-order valence-electron chi connectivity index (χ4n) is 1.54. The van der Waals surface area contributed by atoms with Gasteiger partial charge in [-0.25, -0.2) is 0 Å². The van der Waals surface area contributed by atoms with E-state index in [1.807, 2.05) is 24.3 Å². The minimum absolute atomic E-state index is 0.175. The van der Waals surface area contributed by atoms with Crippen LogP contribution in [0.1, 0.15) is 5.56 Å². The summed E-state index contributed by atoms with van der Waals surface area (Å²) in [4.78, 5) is 10.8. The molecule has 80 valence electrons. The van der Waals surface area contributed by atoms with Gasteiger partial charge in [0.25, 0.3) is 0 Å². The average molecular weight is 207 g/mol. The highest BCUT2D eigenvalue weighted by molar-refractivity contribution is 5.81. The lowest BCUT2D eigenvalue weighted by Crippen LogP contribution is -2.56. The van der Waals surface area contributed by atoms with Crippen molar-refractivity contribution in [3.05, 3.63) is 29.8 Å². The predicted octanol–water partition coefficient (Wildman–Crippen LogP) is 0.490. The number of rotatable bonds is 3. The van der Waals surface area contributed by atoms with Gasteiger partial charge in [-0.05, 0) is 17.7 Å². The number of nitrogens with two attached hydrogens (primary N) is 1. The molecule has 0 radical (unpaired) electrons. The molecule has 0 amide bonds. The number of esters is 1. The van der Waals surface area contributed by atoms with Crippen LogP contribution in [0.3, 0.4) is 0 Å². The van der Waals surface area contributed by atoms with Gasteiger partial charge in [0, 0.05) is 6.42 Å². The normalized spacial score (nSPS) is 24.3. The molecule has 1 aliphatic heterocycles. The predicted molar refractivity (Wildman–Crippen MR) is 54.6 cm³/mol. The van der Waals surface area contributed by atoms with Crippen LogP contribution in [0.15, 0.2) is 24.3 Å². The van der Waals surface area contributed by atoms with E-state index in [0.717, 1.165) is 11.3 Å². The van der Waals surface area contributed by atoms with Gasteiger partial charge in [0.05, 0.1) is 7.11 Å². The second-order valence-corrected chi connectivity index (χ2v) is 3.55. The second kappa shape index (κ2) is 3.90. The topological polar surface area (TPSA) is 61.5 Å². The van der Waals surface area contributed by atoms with E-state index < -0.39 is 6.04 Å². The summed E-state index contributed by atoms with van der Waals surface area (Å²) in [7, 11) is 1.62. The summed E-state index contributed by atoms with van der Waals surface area (Å²) in [6.07, 6.45) is 0.488. The number of cyclic esters (lactones) is 1. The first-order valence-electron chi connectivity index (χ1n) is 4.79. The fourth-order valence-corrected chi connectivity index (χ4v) is 1.54. The van der Waals surface area contributed by atoms with Crippen LogP contribution in [-0.2, 0) is 16.0 Å². The van der Waals surface area contributed by atoms with Crippen LogP contribution in [0.4, 0.5) is 0 Å². The third-order valence-electron chi connectivity index (χ3n) is 2.54. The Morgan fingerprint density at radius 1 is 1.40 bits per heavy atom. The van der Waals surface area contributed by atoms with E-state index in [2.05, 4.69) is 0 Å². The summed E-state index contributed by atoms with van der Waals surface area (Å²) in [5.74, 6) is 0.502.